The molecule has 0 aliphatic carbocycles. The summed E-state index contributed by atoms with van der Waals surface area (Å²) < 4.78 is 34.9. The van der Waals surface area contributed by atoms with Crippen molar-refractivity contribution in [3.63, 3.8) is 0 Å². The van der Waals surface area contributed by atoms with E-state index in [1.165, 1.54) is 0 Å². The number of carbonyl (C=O) groups excluding carboxylic acids is 1. The summed E-state index contributed by atoms with van der Waals surface area (Å²) in [6.07, 6.45) is -2.40. The van der Waals surface area contributed by atoms with E-state index in [-0.39, 0.29) is 18.4 Å². The summed E-state index contributed by atoms with van der Waals surface area (Å²) in [6.45, 7) is 2.91. The fraction of sp³-hybridized carbons (Fsp3) is 0.450. The first-order chi connectivity index (χ1) is 15.5. The lowest BCUT2D eigenvalue weighted by Crippen LogP contribution is -2.40. The van der Waals surface area contributed by atoms with Crippen LogP contribution < -0.4 is 0 Å². The number of fused-ring (bicyclic) bond motifs is 3. The van der Waals surface area contributed by atoms with Crippen LogP contribution in [0.25, 0.3) is 21.3 Å². The number of imidazole rings is 1. The van der Waals surface area contributed by atoms with Gasteiger partial charge in [0, 0.05) is 13.1 Å². The number of carboxylic acids is 1. The van der Waals surface area contributed by atoms with Crippen molar-refractivity contribution in [1.82, 2.24) is 19.4 Å². The summed E-state index contributed by atoms with van der Waals surface area (Å²) in [4.78, 5) is 31.9. The summed E-state index contributed by atoms with van der Waals surface area (Å²) in [6, 6.07) is 3.93. The van der Waals surface area contributed by atoms with Crippen LogP contribution in [0.15, 0.2) is 17.6 Å². The van der Waals surface area contributed by atoms with E-state index in [1.54, 1.807) is 29.4 Å². The zero-order valence-corrected chi connectivity index (χ0v) is 18.2. The zero-order valence-electron chi connectivity index (χ0n) is 17.4. The molecule has 2 unspecified atom stereocenters. The van der Waals surface area contributed by atoms with E-state index in [0.29, 0.717) is 18.9 Å². The van der Waals surface area contributed by atoms with Crippen molar-refractivity contribution in [2.75, 3.05) is 13.1 Å². The molecule has 1 saturated heterocycles. The van der Waals surface area contributed by atoms with E-state index in [4.69, 9.17) is 15.2 Å². The van der Waals surface area contributed by atoms with E-state index >= 15 is 0 Å². The van der Waals surface area contributed by atoms with Crippen molar-refractivity contribution in [3.05, 3.63) is 23.5 Å². The Morgan fingerprint density at radius 2 is 2.09 bits per heavy atom. The van der Waals surface area contributed by atoms with Crippen molar-refractivity contribution in [1.29, 1.82) is 5.26 Å². The number of aliphatic hydroxyl groups excluding tert-OH is 1. The topological polar surface area (TPSA) is 132 Å². The molecule has 3 aromatic heterocycles. The predicted molar refractivity (Wildman–Crippen MR) is 112 cm³/mol. The second-order valence-corrected chi connectivity index (χ2v) is 8.33. The van der Waals surface area contributed by atoms with Crippen LogP contribution in [0.2, 0.25) is 0 Å². The molecule has 1 aliphatic rings. The van der Waals surface area contributed by atoms with Gasteiger partial charge in [0.25, 0.3) is 0 Å². The van der Waals surface area contributed by atoms with Gasteiger partial charge in [-0.15, -0.1) is 11.3 Å². The molecule has 0 radical (unpaired) electrons. The average Bonchev–Trinajstić information content (AvgIpc) is 3.38. The average molecular weight is 483 g/mol. The molecule has 0 spiro atoms. The fourth-order valence-electron chi connectivity index (χ4n) is 3.73. The Kier molecular flexibility index (Phi) is 7.19. The van der Waals surface area contributed by atoms with Crippen LogP contribution >= 0.6 is 11.3 Å². The zero-order chi connectivity index (χ0) is 24.3. The summed E-state index contributed by atoms with van der Waals surface area (Å²) in [5.41, 5.74) is 2.64. The first-order valence-electron chi connectivity index (χ1n) is 9.91. The molecule has 3 aromatic rings. The van der Waals surface area contributed by atoms with Crippen LogP contribution in [0.4, 0.5) is 13.2 Å². The highest BCUT2D eigenvalue weighted by Crippen LogP contribution is 2.35. The monoisotopic (exact) mass is 483 g/mol. The van der Waals surface area contributed by atoms with Crippen molar-refractivity contribution in [2.45, 2.75) is 44.5 Å². The molecule has 1 aliphatic heterocycles. The molecule has 33 heavy (non-hydrogen) atoms. The van der Waals surface area contributed by atoms with Gasteiger partial charge < -0.3 is 19.7 Å². The number of aliphatic carboxylic acids is 1. The number of nitrogens with zero attached hydrogens (tertiary/aromatic N) is 5. The number of piperidine rings is 1. The summed E-state index contributed by atoms with van der Waals surface area (Å²) in [5.74, 6) is -2.29. The molecule has 1 fully saturated rings. The van der Waals surface area contributed by atoms with Crippen molar-refractivity contribution < 1.29 is 33.0 Å². The van der Waals surface area contributed by atoms with Gasteiger partial charge in [0.1, 0.15) is 23.9 Å². The van der Waals surface area contributed by atoms with Crippen LogP contribution in [0, 0.1) is 11.3 Å². The smallest absolute Gasteiger partial charge is 0.475 e. The molecule has 1 amide bonds. The number of carbonyl (C=O) groups is 2. The number of aromatic nitrogens is 3. The number of hydrogen-bond donors (Lipinski definition) is 2. The third-order valence-corrected chi connectivity index (χ3v) is 6.02. The summed E-state index contributed by atoms with van der Waals surface area (Å²) in [5, 5.41) is 28.2. The first kappa shape index (κ1) is 24.4. The second kappa shape index (κ2) is 9.72. The van der Waals surface area contributed by atoms with Crippen molar-refractivity contribution in [3.8, 4) is 6.07 Å². The fourth-order valence-corrected chi connectivity index (χ4v) is 4.62. The highest BCUT2D eigenvalue weighted by atomic mass is 32.1. The van der Waals surface area contributed by atoms with Crippen LogP contribution in [0.5, 0.6) is 0 Å². The highest BCUT2D eigenvalue weighted by molar-refractivity contribution is 7.18. The number of carboxylic acid groups (broad SMARTS) is 1. The van der Waals surface area contributed by atoms with Gasteiger partial charge in [-0.05, 0) is 31.2 Å². The Morgan fingerprint density at radius 1 is 1.39 bits per heavy atom. The quantitative estimate of drug-likeness (QED) is 0.583. The van der Waals surface area contributed by atoms with Gasteiger partial charge in [-0.1, -0.05) is 0 Å². The van der Waals surface area contributed by atoms with E-state index < -0.39 is 18.2 Å². The standard InChI is InChI=1S/C18H19N5O2S.C2HF3O2/c1-11(24)18-21-14-9-20-13-5-8-26-17(13)16(14)23(18)12-3-2-7-22(10-12)15(25)4-6-19;3-2(4,5)1(6)7/h5,8-9,11-12,24H,2-4,7,10H2,1H3;(H,6,7). The number of alkyl halides is 3. The lowest BCUT2D eigenvalue weighted by atomic mass is 10.0. The minimum absolute atomic E-state index is 0.0219. The lowest BCUT2D eigenvalue weighted by molar-refractivity contribution is -0.192. The first-order valence-corrected chi connectivity index (χ1v) is 10.8. The van der Waals surface area contributed by atoms with Crippen LogP contribution in [0.1, 0.15) is 44.2 Å². The molecule has 9 nitrogen and oxygen atoms in total. The number of amides is 1. The number of hydrogen-bond acceptors (Lipinski definition) is 7. The van der Waals surface area contributed by atoms with E-state index in [9.17, 15) is 23.1 Å². The number of pyridine rings is 1. The SMILES string of the molecule is CC(O)c1nc2cnc3ccsc3c2n1C1CCCN(C(=O)CC#N)C1.O=C(O)C(F)(F)F. The maximum Gasteiger partial charge on any atom is 0.490 e. The van der Waals surface area contributed by atoms with Gasteiger partial charge in [-0.3, -0.25) is 9.78 Å². The van der Waals surface area contributed by atoms with Crippen molar-refractivity contribution in [2.24, 2.45) is 0 Å². The Bertz CT molecular complexity index is 1210. The van der Waals surface area contributed by atoms with Gasteiger partial charge in [-0.25, -0.2) is 9.78 Å². The largest absolute Gasteiger partial charge is 0.490 e. The molecule has 4 heterocycles. The maximum atomic E-state index is 12.2. The number of rotatable bonds is 3. The number of likely N-dealkylation sites (tertiary alicyclic amines) is 1. The van der Waals surface area contributed by atoms with E-state index in [0.717, 1.165) is 34.1 Å². The molecule has 0 saturated carbocycles. The third-order valence-electron chi connectivity index (χ3n) is 5.11. The molecule has 0 aromatic carbocycles. The number of halogens is 3. The van der Waals surface area contributed by atoms with Gasteiger partial charge in [0.05, 0.1) is 34.0 Å². The molecule has 4 rings (SSSR count). The molecule has 13 heteroatoms. The highest BCUT2D eigenvalue weighted by Gasteiger charge is 2.38. The third kappa shape index (κ3) is 5.23. The number of aliphatic hydroxyl groups is 1. The summed E-state index contributed by atoms with van der Waals surface area (Å²) >= 11 is 1.61. The minimum Gasteiger partial charge on any atom is -0.475 e. The van der Waals surface area contributed by atoms with Crippen LogP contribution in [-0.2, 0) is 9.59 Å². The Labute approximate surface area is 189 Å². The molecule has 0 bridgehead atoms. The number of nitriles is 1. The van der Waals surface area contributed by atoms with E-state index in [1.807, 2.05) is 17.5 Å². The molecular formula is C20H20F3N5O4S. The molecule has 176 valence electrons. The van der Waals surface area contributed by atoms with Gasteiger partial charge in [-0.2, -0.15) is 18.4 Å². The van der Waals surface area contributed by atoms with Gasteiger partial charge >= 0.3 is 12.1 Å². The Balaban J connectivity index is 0.000000383. The van der Waals surface area contributed by atoms with Crippen LogP contribution in [-0.4, -0.2) is 60.8 Å². The predicted octanol–water partition coefficient (Wildman–Crippen LogP) is 3.41. The minimum atomic E-state index is -5.08. The molecular weight excluding hydrogens is 463 g/mol. The van der Waals surface area contributed by atoms with Crippen LogP contribution in [0.3, 0.4) is 0 Å². The molecule has 2 atom stereocenters. The normalized spacial score (nSPS) is 17.3. The van der Waals surface area contributed by atoms with Gasteiger partial charge in [0.15, 0.2) is 0 Å². The molecule has 2 N–H and O–H groups in total. The van der Waals surface area contributed by atoms with E-state index in [2.05, 4.69) is 14.5 Å². The Hall–Kier alpha value is -3.24. The Morgan fingerprint density at radius 3 is 2.70 bits per heavy atom. The summed E-state index contributed by atoms with van der Waals surface area (Å²) in [7, 11) is 0. The van der Waals surface area contributed by atoms with Crippen molar-refractivity contribution >= 4 is 44.5 Å². The number of thiophene rings is 1. The second-order valence-electron chi connectivity index (χ2n) is 7.42. The maximum absolute atomic E-state index is 12.2. The lowest BCUT2D eigenvalue weighted by Gasteiger charge is -2.34. The van der Waals surface area contributed by atoms with Gasteiger partial charge in [0.2, 0.25) is 5.91 Å².